The monoisotopic (exact) mass is 371 g/mol. The highest BCUT2D eigenvalue weighted by Gasteiger charge is 2.17. The van der Waals surface area contributed by atoms with Gasteiger partial charge in [-0.2, -0.15) is 0 Å². The highest BCUT2D eigenvalue weighted by molar-refractivity contribution is 5.81. The average molecular weight is 371 g/mol. The molecule has 1 unspecified atom stereocenters. The van der Waals surface area contributed by atoms with Crippen LogP contribution >= 0.6 is 0 Å². The summed E-state index contributed by atoms with van der Waals surface area (Å²) < 4.78 is 9.80. The number of esters is 1. The third-order valence-electron chi connectivity index (χ3n) is 2.56. The first-order valence-electron chi connectivity index (χ1n) is 8.17. The van der Waals surface area contributed by atoms with Gasteiger partial charge in [0.15, 0.2) is 0 Å². The van der Waals surface area contributed by atoms with Crippen molar-refractivity contribution >= 4 is 18.7 Å². The molecule has 0 aliphatic rings. The van der Waals surface area contributed by atoms with Crippen LogP contribution in [-0.2, 0) is 30.5 Å². The molecule has 0 saturated heterocycles. The fourth-order valence-electron chi connectivity index (χ4n) is 1.06. The number of nitrogens with two attached hydrogens (primary N) is 1. The van der Waals surface area contributed by atoms with E-state index in [-0.39, 0.29) is 18.6 Å². The van der Waals surface area contributed by atoms with Crippen LogP contribution in [0.1, 0.15) is 46.6 Å². The zero-order valence-electron chi connectivity index (χ0n) is 16.7. The van der Waals surface area contributed by atoms with E-state index in [4.69, 9.17) is 25.1 Å². The molecule has 0 aromatic heterocycles. The number of carboxylic acid groups (broad SMARTS) is 1. The van der Waals surface area contributed by atoms with E-state index in [0.717, 1.165) is 5.56 Å². The van der Waals surface area contributed by atoms with Crippen LogP contribution in [0.4, 0.5) is 0 Å². The van der Waals surface area contributed by atoms with Crippen molar-refractivity contribution in [2.24, 2.45) is 5.73 Å². The first-order valence-corrected chi connectivity index (χ1v) is 8.17. The van der Waals surface area contributed by atoms with Crippen molar-refractivity contribution in [2.45, 2.75) is 59.3 Å². The number of aliphatic carboxylic acids is 1. The number of carboxylic acids is 1. The van der Waals surface area contributed by atoms with Gasteiger partial charge in [0, 0.05) is 7.11 Å². The Labute approximate surface area is 156 Å². The number of benzene rings is 1. The van der Waals surface area contributed by atoms with Crippen molar-refractivity contribution in [3.63, 3.8) is 0 Å². The van der Waals surface area contributed by atoms with Crippen molar-refractivity contribution in [1.82, 2.24) is 0 Å². The maximum Gasteiger partial charge on any atom is 0.321 e. The standard InChI is InChI=1S/C11H13NO4.C5H12O.C2H6.CH2O/c12-9(11(14)15)6-10(13)16-7-8-4-2-1-3-5-8;1-5(2,3)6-4;2*1-2/h1-5,9H,6-7,12H2,(H,14,15);1-4H3;1-2H3;1H2. The molecule has 150 valence electrons. The zero-order chi connectivity index (χ0) is 21.2. The number of hydrogen-bond donors (Lipinski definition) is 2. The van der Waals surface area contributed by atoms with E-state index in [9.17, 15) is 9.59 Å². The van der Waals surface area contributed by atoms with Crippen LogP contribution in [0.5, 0.6) is 0 Å². The molecule has 0 spiro atoms. The van der Waals surface area contributed by atoms with E-state index in [1.165, 1.54) is 0 Å². The number of hydrogen-bond acceptors (Lipinski definition) is 6. The minimum absolute atomic E-state index is 0.0417. The zero-order valence-corrected chi connectivity index (χ0v) is 16.7. The summed E-state index contributed by atoms with van der Waals surface area (Å²) in [6.07, 6.45) is -0.317. The van der Waals surface area contributed by atoms with Crippen molar-refractivity contribution in [1.29, 1.82) is 0 Å². The topological polar surface area (TPSA) is 116 Å². The minimum atomic E-state index is -1.21. The summed E-state index contributed by atoms with van der Waals surface area (Å²) in [6.45, 7) is 12.2. The lowest BCUT2D eigenvalue weighted by molar-refractivity contribution is -0.149. The molecule has 0 aliphatic heterocycles. The van der Waals surface area contributed by atoms with E-state index < -0.39 is 18.0 Å². The smallest absolute Gasteiger partial charge is 0.321 e. The molecule has 26 heavy (non-hydrogen) atoms. The summed E-state index contributed by atoms with van der Waals surface area (Å²) in [5, 5.41) is 8.48. The summed E-state index contributed by atoms with van der Waals surface area (Å²) in [4.78, 5) is 29.5. The third kappa shape index (κ3) is 19.8. The Kier molecular flexibility index (Phi) is 19.3. The van der Waals surface area contributed by atoms with Crippen molar-refractivity contribution in [2.75, 3.05) is 7.11 Å². The lowest BCUT2D eigenvalue weighted by atomic mass is 10.2. The molecule has 0 aliphatic carbocycles. The summed E-state index contributed by atoms with van der Waals surface area (Å²) >= 11 is 0. The Balaban J connectivity index is -0.000000445. The molecule has 7 nitrogen and oxygen atoms in total. The van der Waals surface area contributed by atoms with E-state index in [2.05, 4.69) is 0 Å². The Hall–Kier alpha value is -2.25. The molecule has 1 atom stereocenters. The number of methoxy groups -OCH3 is 1. The normalized spacial score (nSPS) is 10.4. The fourth-order valence-corrected chi connectivity index (χ4v) is 1.06. The fraction of sp³-hybridized carbons (Fsp3) is 0.526. The Morgan fingerprint density at radius 3 is 1.92 bits per heavy atom. The maximum absolute atomic E-state index is 11.2. The SMILES string of the molecule is C=O.CC.COC(C)(C)C.NC(CC(=O)OCc1ccccc1)C(=O)O. The molecule has 3 N–H and O–H groups in total. The van der Waals surface area contributed by atoms with Crippen molar-refractivity contribution in [3.05, 3.63) is 35.9 Å². The number of rotatable bonds is 5. The summed E-state index contributed by atoms with van der Waals surface area (Å²) in [7, 11) is 1.71. The molecule has 0 saturated carbocycles. The average Bonchev–Trinajstić information content (AvgIpc) is 2.64. The van der Waals surface area contributed by atoms with E-state index in [1.807, 2.05) is 71.7 Å². The molecule has 1 rings (SSSR count). The molecular formula is C19H33NO6. The predicted octanol–water partition coefficient (Wildman–Crippen LogP) is 2.80. The van der Waals surface area contributed by atoms with Crippen molar-refractivity contribution in [3.8, 4) is 0 Å². The second-order valence-corrected chi connectivity index (χ2v) is 5.61. The summed E-state index contributed by atoms with van der Waals surface area (Å²) in [5.41, 5.74) is 6.07. The molecule has 7 heteroatoms. The van der Waals surface area contributed by atoms with Crippen LogP contribution in [0.2, 0.25) is 0 Å². The van der Waals surface area contributed by atoms with Gasteiger partial charge >= 0.3 is 11.9 Å². The second-order valence-electron chi connectivity index (χ2n) is 5.61. The number of carbonyl (C=O) groups is 3. The van der Waals surface area contributed by atoms with Crippen LogP contribution in [0.3, 0.4) is 0 Å². The highest BCUT2D eigenvalue weighted by atomic mass is 16.5. The van der Waals surface area contributed by atoms with Gasteiger partial charge in [0.1, 0.15) is 19.4 Å². The van der Waals surface area contributed by atoms with Gasteiger partial charge in [0.2, 0.25) is 0 Å². The van der Waals surface area contributed by atoms with E-state index >= 15 is 0 Å². The quantitative estimate of drug-likeness (QED) is 0.764. The van der Waals surface area contributed by atoms with Gasteiger partial charge < -0.3 is 25.1 Å². The molecular weight excluding hydrogens is 338 g/mol. The van der Waals surface area contributed by atoms with Crippen LogP contribution < -0.4 is 5.73 Å². The lowest BCUT2D eigenvalue weighted by Crippen LogP contribution is -2.33. The molecule has 0 radical (unpaired) electrons. The van der Waals surface area contributed by atoms with Gasteiger partial charge in [0.05, 0.1) is 12.0 Å². The molecule has 1 aromatic carbocycles. The highest BCUT2D eigenvalue weighted by Crippen LogP contribution is 2.03. The first-order chi connectivity index (χ1) is 12.2. The van der Waals surface area contributed by atoms with Crippen LogP contribution in [0, 0.1) is 0 Å². The van der Waals surface area contributed by atoms with E-state index in [1.54, 1.807) is 7.11 Å². The van der Waals surface area contributed by atoms with Gasteiger partial charge in [-0.1, -0.05) is 44.2 Å². The Morgan fingerprint density at radius 2 is 1.58 bits per heavy atom. The third-order valence-corrected chi connectivity index (χ3v) is 2.56. The molecule has 0 fully saturated rings. The molecule has 0 bridgehead atoms. The largest absolute Gasteiger partial charge is 0.480 e. The lowest BCUT2D eigenvalue weighted by Gasteiger charge is -2.14. The molecule has 0 amide bonds. The first kappa shape index (κ1) is 28.5. The van der Waals surface area contributed by atoms with Gasteiger partial charge in [-0.3, -0.25) is 9.59 Å². The minimum Gasteiger partial charge on any atom is -0.480 e. The van der Waals surface area contributed by atoms with Gasteiger partial charge in [-0.25, -0.2) is 0 Å². The maximum atomic E-state index is 11.2. The predicted molar refractivity (Wildman–Crippen MR) is 102 cm³/mol. The Morgan fingerprint density at radius 1 is 1.15 bits per heavy atom. The summed E-state index contributed by atoms with van der Waals surface area (Å²) in [6, 6.07) is 7.92. The number of carbonyl (C=O) groups excluding carboxylic acids is 2. The molecule has 0 heterocycles. The van der Waals surface area contributed by atoms with Crippen LogP contribution in [0.15, 0.2) is 30.3 Å². The molecule has 1 aromatic rings. The summed E-state index contributed by atoms with van der Waals surface area (Å²) in [5.74, 6) is -1.82. The van der Waals surface area contributed by atoms with Gasteiger partial charge in [-0.05, 0) is 26.3 Å². The Bertz CT molecular complexity index is 471. The van der Waals surface area contributed by atoms with Gasteiger partial charge in [0.25, 0.3) is 0 Å². The second kappa shape index (κ2) is 17.6. The van der Waals surface area contributed by atoms with Crippen molar-refractivity contribution < 1.29 is 29.0 Å². The van der Waals surface area contributed by atoms with Crippen LogP contribution in [0.25, 0.3) is 0 Å². The van der Waals surface area contributed by atoms with E-state index in [0.29, 0.717) is 0 Å². The van der Waals surface area contributed by atoms with Crippen LogP contribution in [-0.4, -0.2) is 42.6 Å². The van der Waals surface area contributed by atoms with Gasteiger partial charge in [-0.15, -0.1) is 0 Å². The number of ether oxygens (including phenoxy) is 2.